The van der Waals surface area contributed by atoms with Crippen LogP contribution in [-0.2, 0) is 0 Å². The maximum absolute atomic E-state index is 11.9. The van der Waals surface area contributed by atoms with Gasteiger partial charge >= 0.3 is 6.61 Å². The Bertz CT molecular complexity index is 296. The van der Waals surface area contributed by atoms with E-state index in [4.69, 9.17) is 5.84 Å². The monoisotopic (exact) mass is 252 g/mol. The zero-order valence-electron chi connectivity index (χ0n) is 6.43. The van der Waals surface area contributed by atoms with Gasteiger partial charge in [0.05, 0.1) is 0 Å². The van der Waals surface area contributed by atoms with Crippen molar-refractivity contribution >= 4 is 21.6 Å². The topological polar surface area (TPSA) is 47.3 Å². The van der Waals surface area contributed by atoms with E-state index in [2.05, 4.69) is 26.1 Å². The first kappa shape index (κ1) is 10.2. The van der Waals surface area contributed by atoms with Crippen LogP contribution in [0.1, 0.15) is 0 Å². The fraction of sp³-hybridized carbons (Fsp3) is 0.143. The van der Waals surface area contributed by atoms with Crippen LogP contribution in [0.3, 0.4) is 0 Å². The molecule has 1 rings (SSSR count). The maximum Gasteiger partial charge on any atom is 0.387 e. The first-order chi connectivity index (χ1) is 6.15. The second-order valence-electron chi connectivity index (χ2n) is 2.14. The Morgan fingerprint density at radius 1 is 1.46 bits per heavy atom. The van der Waals surface area contributed by atoms with E-state index in [0.29, 0.717) is 10.2 Å². The molecule has 3 N–H and O–H groups in total. The van der Waals surface area contributed by atoms with E-state index < -0.39 is 6.61 Å². The number of para-hydroxylation sites is 1. The molecule has 1 aromatic rings. The number of alkyl halides is 2. The summed E-state index contributed by atoms with van der Waals surface area (Å²) in [7, 11) is 0. The van der Waals surface area contributed by atoms with Crippen LogP contribution in [-0.4, -0.2) is 6.61 Å². The molecule has 1 aromatic carbocycles. The van der Waals surface area contributed by atoms with Crippen molar-refractivity contribution < 1.29 is 13.5 Å². The van der Waals surface area contributed by atoms with Crippen molar-refractivity contribution in [1.29, 1.82) is 0 Å². The maximum atomic E-state index is 11.9. The van der Waals surface area contributed by atoms with E-state index in [9.17, 15) is 8.78 Å². The van der Waals surface area contributed by atoms with Gasteiger partial charge in [-0.15, -0.1) is 0 Å². The van der Waals surface area contributed by atoms with Crippen molar-refractivity contribution in [2.24, 2.45) is 5.84 Å². The van der Waals surface area contributed by atoms with Crippen molar-refractivity contribution in [3.05, 3.63) is 22.7 Å². The number of hydrogen-bond donors (Lipinski definition) is 2. The fourth-order valence-electron chi connectivity index (χ4n) is 0.839. The molecule has 0 saturated heterocycles. The molecule has 0 aromatic heterocycles. The van der Waals surface area contributed by atoms with Gasteiger partial charge in [0.15, 0.2) is 5.75 Å². The van der Waals surface area contributed by atoms with E-state index in [1.807, 2.05) is 0 Å². The number of nitrogen functional groups attached to an aromatic ring is 1. The molecule has 0 fully saturated rings. The highest BCUT2D eigenvalue weighted by atomic mass is 79.9. The SMILES string of the molecule is NNc1c(Br)cccc1OC(F)F. The van der Waals surface area contributed by atoms with Crippen molar-refractivity contribution in [3.63, 3.8) is 0 Å². The highest BCUT2D eigenvalue weighted by molar-refractivity contribution is 9.10. The molecule has 0 heterocycles. The summed E-state index contributed by atoms with van der Waals surface area (Å²) in [6, 6.07) is 4.63. The highest BCUT2D eigenvalue weighted by Crippen LogP contribution is 2.32. The number of ether oxygens (including phenoxy) is 1. The van der Waals surface area contributed by atoms with Gasteiger partial charge in [-0.3, -0.25) is 5.84 Å². The molecule has 72 valence electrons. The van der Waals surface area contributed by atoms with Crippen LogP contribution in [0, 0.1) is 0 Å². The van der Waals surface area contributed by atoms with Gasteiger partial charge in [0, 0.05) is 4.47 Å². The molecule has 0 aliphatic rings. The second-order valence-corrected chi connectivity index (χ2v) is 2.99. The Morgan fingerprint density at radius 3 is 2.69 bits per heavy atom. The minimum Gasteiger partial charge on any atom is -0.433 e. The minimum absolute atomic E-state index is 0.00637. The molecule has 0 aliphatic heterocycles. The van der Waals surface area contributed by atoms with Crippen LogP contribution in [0.2, 0.25) is 0 Å². The number of nitrogens with two attached hydrogens (primary N) is 1. The molecule has 0 aliphatic carbocycles. The van der Waals surface area contributed by atoms with Crippen molar-refractivity contribution in [2.45, 2.75) is 6.61 Å². The largest absolute Gasteiger partial charge is 0.433 e. The predicted molar refractivity (Wildman–Crippen MR) is 48.6 cm³/mol. The summed E-state index contributed by atoms with van der Waals surface area (Å²) in [4.78, 5) is 0. The average Bonchev–Trinajstić information content (AvgIpc) is 2.03. The first-order valence-corrected chi connectivity index (χ1v) is 4.14. The summed E-state index contributed by atoms with van der Waals surface area (Å²) >= 11 is 3.13. The number of hydrogen-bond acceptors (Lipinski definition) is 3. The van der Waals surface area contributed by atoms with Gasteiger partial charge in [0.2, 0.25) is 0 Å². The summed E-state index contributed by atoms with van der Waals surface area (Å²) in [5.41, 5.74) is 2.56. The van der Waals surface area contributed by atoms with Crippen LogP contribution in [0.5, 0.6) is 5.75 Å². The van der Waals surface area contributed by atoms with Gasteiger partial charge in [-0.05, 0) is 28.1 Å². The minimum atomic E-state index is -2.86. The molecule has 0 saturated carbocycles. The lowest BCUT2D eigenvalue weighted by atomic mass is 10.3. The zero-order chi connectivity index (χ0) is 9.84. The predicted octanol–water partition coefficient (Wildman–Crippen LogP) is 2.34. The summed E-state index contributed by atoms with van der Waals surface area (Å²) in [6.07, 6.45) is 0. The van der Waals surface area contributed by atoms with Gasteiger partial charge in [0.25, 0.3) is 0 Å². The van der Waals surface area contributed by atoms with Crippen molar-refractivity contribution in [3.8, 4) is 5.75 Å². The number of nitrogens with one attached hydrogen (secondary N) is 1. The Morgan fingerprint density at radius 2 is 2.15 bits per heavy atom. The molecule has 13 heavy (non-hydrogen) atoms. The lowest BCUT2D eigenvalue weighted by Gasteiger charge is -2.10. The third-order valence-electron chi connectivity index (χ3n) is 1.34. The number of halogens is 3. The molecule has 0 unspecified atom stereocenters. The molecule has 0 amide bonds. The smallest absolute Gasteiger partial charge is 0.387 e. The third kappa shape index (κ3) is 2.53. The number of benzene rings is 1. The van der Waals surface area contributed by atoms with E-state index in [1.54, 1.807) is 12.1 Å². The molecular formula is C7H7BrF2N2O. The molecular weight excluding hydrogens is 246 g/mol. The van der Waals surface area contributed by atoms with Gasteiger partial charge in [0.1, 0.15) is 5.69 Å². The third-order valence-corrected chi connectivity index (χ3v) is 2.00. The lowest BCUT2D eigenvalue weighted by Crippen LogP contribution is -2.11. The van der Waals surface area contributed by atoms with Crippen LogP contribution < -0.4 is 16.0 Å². The molecule has 0 radical (unpaired) electrons. The standard InChI is InChI=1S/C7H7BrF2N2O/c8-4-2-1-3-5(6(4)12-11)13-7(9)10/h1-3,7,12H,11H2. The average molecular weight is 253 g/mol. The first-order valence-electron chi connectivity index (χ1n) is 3.35. The van der Waals surface area contributed by atoms with E-state index in [0.717, 1.165) is 0 Å². The summed E-state index contributed by atoms with van der Waals surface area (Å²) < 4.78 is 28.5. The number of anilines is 1. The number of hydrazine groups is 1. The van der Waals surface area contributed by atoms with E-state index in [-0.39, 0.29) is 5.75 Å². The number of rotatable bonds is 3. The van der Waals surface area contributed by atoms with Crippen molar-refractivity contribution in [1.82, 2.24) is 0 Å². The summed E-state index contributed by atoms with van der Waals surface area (Å²) in [5.74, 6) is 5.13. The highest BCUT2D eigenvalue weighted by Gasteiger charge is 2.10. The molecule has 0 atom stereocenters. The Hall–Kier alpha value is -0.880. The summed E-state index contributed by atoms with van der Waals surface area (Å²) in [6.45, 7) is -2.86. The van der Waals surface area contributed by atoms with Gasteiger partial charge in [-0.2, -0.15) is 8.78 Å². The van der Waals surface area contributed by atoms with Crippen LogP contribution in [0.25, 0.3) is 0 Å². The van der Waals surface area contributed by atoms with Crippen LogP contribution >= 0.6 is 15.9 Å². The quantitative estimate of drug-likeness (QED) is 0.642. The van der Waals surface area contributed by atoms with E-state index >= 15 is 0 Å². The zero-order valence-corrected chi connectivity index (χ0v) is 8.01. The van der Waals surface area contributed by atoms with Gasteiger partial charge in [-0.1, -0.05) is 6.07 Å². The molecule has 0 spiro atoms. The van der Waals surface area contributed by atoms with Crippen molar-refractivity contribution in [2.75, 3.05) is 5.43 Å². The second kappa shape index (κ2) is 4.38. The van der Waals surface area contributed by atoms with E-state index in [1.165, 1.54) is 6.07 Å². The Kier molecular flexibility index (Phi) is 3.44. The van der Waals surface area contributed by atoms with Gasteiger partial charge in [-0.25, -0.2) is 0 Å². The fourth-order valence-corrected chi connectivity index (χ4v) is 1.30. The van der Waals surface area contributed by atoms with Crippen LogP contribution in [0.15, 0.2) is 22.7 Å². The summed E-state index contributed by atoms with van der Waals surface area (Å²) in [5, 5.41) is 0. The lowest BCUT2D eigenvalue weighted by molar-refractivity contribution is -0.0493. The molecule has 6 heteroatoms. The molecule has 3 nitrogen and oxygen atoms in total. The Labute approximate surface area is 82.0 Å². The van der Waals surface area contributed by atoms with Gasteiger partial charge < -0.3 is 10.2 Å². The Balaban J connectivity index is 2.98. The molecule has 0 bridgehead atoms. The van der Waals surface area contributed by atoms with Crippen LogP contribution in [0.4, 0.5) is 14.5 Å². The normalized spacial score (nSPS) is 10.2.